The third-order valence-corrected chi connectivity index (χ3v) is 7.41. The number of methoxy groups -OCH3 is 1. The number of piperidine rings is 1. The second-order valence-electron chi connectivity index (χ2n) is 8.14. The number of thiazole rings is 1. The normalized spacial score (nSPS) is 19.2. The number of ether oxygens (including phenoxy) is 1. The van der Waals surface area contributed by atoms with Crippen LogP contribution in [0.4, 0.5) is 0 Å². The predicted octanol–water partition coefficient (Wildman–Crippen LogP) is 4.61. The molecule has 156 valence electrons. The molecule has 0 spiro atoms. The number of amides is 1. The summed E-state index contributed by atoms with van der Waals surface area (Å²) in [5.41, 5.74) is 1.82. The van der Waals surface area contributed by atoms with Crippen LogP contribution in [-0.2, 0) is 0 Å². The molecule has 1 aromatic heterocycles. The van der Waals surface area contributed by atoms with Crippen LogP contribution in [0.3, 0.4) is 0 Å². The zero-order chi connectivity index (χ0) is 20.2. The van der Waals surface area contributed by atoms with Crippen LogP contribution in [0.25, 0.3) is 10.6 Å². The number of hydrogen-bond acceptors (Lipinski definition) is 5. The van der Waals surface area contributed by atoms with Crippen LogP contribution in [0.1, 0.15) is 53.9 Å². The standard InChI is InChI=1S/C23H31N3O2S/c1-17-21(29-22(24-17)18-8-7-9-20(16-18)28-2)23(27)26-14-10-19(11-15-26)25-12-5-3-4-6-13-25/h7-9,16,19H,3-6,10-15H2,1-2H3. The molecule has 2 fully saturated rings. The maximum Gasteiger partial charge on any atom is 0.265 e. The van der Waals surface area contributed by atoms with Crippen molar-refractivity contribution in [3.8, 4) is 16.3 Å². The van der Waals surface area contributed by atoms with Gasteiger partial charge in [-0.15, -0.1) is 11.3 Å². The van der Waals surface area contributed by atoms with Crippen LogP contribution in [0.15, 0.2) is 24.3 Å². The SMILES string of the molecule is COc1cccc(-c2nc(C)c(C(=O)N3CCC(N4CCCCCC4)CC3)s2)c1. The summed E-state index contributed by atoms with van der Waals surface area (Å²) in [6, 6.07) is 8.51. The molecule has 2 aromatic rings. The lowest BCUT2D eigenvalue weighted by atomic mass is 10.0. The molecular weight excluding hydrogens is 382 g/mol. The molecule has 4 rings (SSSR count). The second kappa shape index (κ2) is 9.26. The van der Waals surface area contributed by atoms with E-state index in [0.29, 0.717) is 6.04 Å². The van der Waals surface area contributed by atoms with Crippen molar-refractivity contribution in [2.24, 2.45) is 0 Å². The van der Waals surface area contributed by atoms with E-state index in [9.17, 15) is 4.79 Å². The fraction of sp³-hybridized carbons (Fsp3) is 0.565. The van der Waals surface area contributed by atoms with Crippen molar-refractivity contribution in [3.05, 3.63) is 34.8 Å². The van der Waals surface area contributed by atoms with E-state index in [-0.39, 0.29) is 5.91 Å². The van der Waals surface area contributed by atoms with E-state index in [1.54, 1.807) is 7.11 Å². The highest BCUT2D eigenvalue weighted by Crippen LogP contribution is 2.31. The maximum absolute atomic E-state index is 13.2. The number of carbonyl (C=O) groups excluding carboxylic acids is 1. The molecule has 0 N–H and O–H groups in total. The van der Waals surface area contributed by atoms with Gasteiger partial charge in [0.2, 0.25) is 0 Å². The fourth-order valence-corrected chi connectivity index (χ4v) is 5.54. The van der Waals surface area contributed by atoms with Gasteiger partial charge in [-0.2, -0.15) is 0 Å². The molecule has 29 heavy (non-hydrogen) atoms. The lowest BCUT2D eigenvalue weighted by Gasteiger charge is -2.38. The summed E-state index contributed by atoms with van der Waals surface area (Å²) in [7, 11) is 1.66. The van der Waals surface area contributed by atoms with E-state index in [2.05, 4.69) is 9.88 Å². The van der Waals surface area contributed by atoms with Gasteiger partial charge < -0.3 is 14.5 Å². The molecule has 0 aliphatic carbocycles. The molecule has 1 aromatic carbocycles. The lowest BCUT2D eigenvalue weighted by molar-refractivity contribution is 0.0626. The molecule has 2 aliphatic rings. The Kier molecular flexibility index (Phi) is 6.50. The minimum Gasteiger partial charge on any atom is -0.497 e. The van der Waals surface area contributed by atoms with E-state index < -0.39 is 0 Å². The number of aryl methyl sites for hydroxylation is 1. The number of rotatable bonds is 4. The molecule has 6 heteroatoms. The first-order valence-electron chi connectivity index (χ1n) is 10.8. The summed E-state index contributed by atoms with van der Waals surface area (Å²) in [6.07, 6.45) is 7.57. The summed E-state index contributed by atoms with van der Waals surface area (Å²) < 4.78 is 5.32. The van der Waals surface area contributed by atoms with E-state index >= 15 is 0 Å². The summed E-state index contributed by atoms with van der Waals surface area (Å²) >= 11 is 1.50. The molecule has 0 atom stereocenters. The first kappa shape index (κ1) is 20.4. The van der Waals surface area contributed by atoms with Gasteiger partial charge in [-0.1, -0.05) is 25.0 Å². The van der Waals surface area contributed by atoms with Crippen LogP contribution in [0.2, 0.25) is 0 Å². The highest BCUT2D eigenvalue weighted by Gasteiger charge is 2.29. The van der Waals surface area contributed by atoms with Crippen LogP contribution >= 0.6 is 11.3 Å². The number of carbonyl (C=O) groups is 1. The molecule has 3 heterocycles. The highest BCUT2D eigenvalue weighted by atomic mass is 32.1. The second-order valence-corrected chi connectivity index (χ2v) is 9.14. The van der Waals surface area contributed by atoms with Crippen LogP contribution in [0, 0.1) is 6.92 Å². The molecule has 0 unspecified atom stereocenters. The van der Waals surface area contributed by atoms with Crippen molar-refractivity contribution in [1.29, 1.82) is 0 Å². The summed E-state index contributed by atoms with van der Waals surface area (Å²) in [5, 5.41) is 0.879. The van der Waals surface area contributed by atoms with Gasteiger partial charge in [-0.3, -0.25) is 4.79 Å². The highest BCUT2D eigenvalue weighted by molar-refractivity contribution is 7.17. The number of hydrogen-bond donors (Lipinski definition) is 0. The number of likely N-dealkylation sites (tertiary alicyclic amines) is 2. The van der Waals surface area contributed by atoms with Gasteiger partial charge in [-0.25, -0.2) is 4.98 Å². The van der Waals surface area contributed by atoms with Gasteiger partial charge in [0.15, 0.2) is 0 Å². The molecule has 0 bridgehead atoms. The van der Waals surface area contributed by atoms with Gasteiger partial charge in [0.1, 0.15) is 15.6 Å². The average Bonchev–Trinajstić information content (AvgIpc) is 2.97. The average molecular weight is 414 g/mol. The molecule has 5 nitrogen and oxygen atoms in total. The van der Waals surface area contributed by atoms with Gasteiger partial charge >= 0.3 is 0 Å². The van der Waals surface area contributed by atoms with Crippen molar-refractivity contribution >= 4 is 17.2 Å². The lowest BCUT2D eigenvalue weighted by Crippen LogP contribution is -2.47. The molecule has 2 aliphatic heterocycles. The molecule has 2 saturated heterocycles. The zero-order valence-electron chi connectivity index (χ0n) is 17.5. The Balaban J connectivity index is 1.42. The van der Waals surface area contributed by atoms with E-state index in [0.717, 1.165) is 52.8 Å². The van der Waals surface area contributed by atoms with Gasteiger partial charge in [0.25, 0.3) is 5.91 Å². The van der Waals surface area contributed by atoms with E-state index in [1.807, 2.05) is 36.1 Å². The Labute approximate surface area is 177 Å². The minimum atomic E-state index is 0.142. The predicted molar refractivity (Wildman–Crippen MR) is 118 cm³/mol. The summed E-state index contributed by atoms with van der Waals surface area (Å²) in [5.74, 6) is 0.947. The third kappa shape index (κ3) is 4.64. The van der Waals surface area contributed by atoms with Crippen molar-refractivity contribution in [1.82, 2.24) is 14.8 Å². The summed E-state index contributed by atoms with van der Waals surface area (Å²) in [4.78, 5) is 23.3. The number of aromatic nitrogens is 1. The smallest absolute Gasteiger partial charge is 0.265 e. The van der Waals surface area contributed by atoms with E-state index in [1.165, 1.54) is 50.1 Å². The minimum absolute atomic E-state index is 0.142. The Morgan fingerprint density at radius 2 is 1.83 bits per heavy atom. The van der Waals surface area contributed by atoms with Crippen molar-refractivity contribution in [2.75, 3.05) is 33.3 Å². The molecule has 0 saturated carbocycles. The van der Waals surface area contributed by atoms with Crippen molar-refractivity contribution in [3.63, 3.8) is 0 Å². The first-order chi connectivity index (χ1) is 14.2. The van der Waals surface area contributed by atoms with E-state index in [4.69, 9.17) is 4.74 Å². The van der Waals surface area contributed by atoms with Crippen LogP contribution in [0.5, 0.6) is 5.75 Å². The van der Waals surface area contributed by atoms with Crippen LogP contribution in [-0.4, -0.2) is 60.0 Å². The first-order valence-corrected chi connectivity index (χ1v) is 11.6. The van der Waals surface area contributed by atoms with Gasteiger partial charge in [0.05, 0.1) is 12.8 Å². The van der Waals surface area contributed by atoms with Crippen LogP contribution < -0.4 is 4.74 Å². The largest absolute Gasteiger partial charge is 0.497 e. The molecule has 1 amide bonds. The number of benzene rings is 1. The maximum atomic E-state index is 13.2. The zero-order valence-corrected chi connectivity index (χ0v) is 18.3. The molecular formula is C23H31N3O2S. The van der Waals surface area contributed by atoms with Gasteiger partial charge in [0, 0.05) is 24.7 Å². The monoisotopic (exact) mass is 413 g/mol. The Hall–Kier alpha value is -1.92. The fourth-order valence-electron chi connectivity index (χ4n) is 4.51. The molecule has 0 radical (unpaired) electrons. The Morgan fingerprint density at radius 1 is 1.10 bits per heavy atom. The Morgan fingerprint density at radius 3 is 2.52 bits per heavy atom. The van der Waals surface area contributed by atoms with Crippen molar-refractivity contribution < 1.29 is 9.53 Å². The van der Waals surface area contributed by atoms with Gasteiger partial charge in [-0.05, 0) is 57.8 Å². The van der Waals surface area contributed by atoms with Crippen molar-refractivity contribution in [2.45, 2.75) is 51.5 Å². The topological polar surface area (TPSA) is 45.7 Å². The third-order valence-electron chi connectivity index (χ3n) is 6.22. The summed E-state index contributed by atoms with van der Waals surface area (Å²) in [6.45, 7) is 6.11. The Bertz CT molecular complexity index is 834. The number of nitrogens with zero attached hydrogens (tertiary/aromatic N) is 3. The quantitative estimate of drug-likeness (QED) is 0.734.